The molecular weight excluding hydrogens is 288 g/mol. The number of nitrogen functional groups attached to an aromatic ring is 1. The molecule has 1 aromatic heterocycles. The van der Waals surface area contributed by atoms with Gasteiger partial charge >= 0.3 is 0 Å². The van der Waals surface area contributed by atoms with Gasteiger partial charge < -0.3 is 15.4 Å². The fraction of sp³-hybridized carbons (Fsp3) is 0.333. The van der Waals surface area contributed by atoms with E-state index in [0.29, 0.717) is 18.2 Å². The number of halogens is 1. The lowest BCUT2D eigenvalue weighted by molar-refractivity contribution is 0.178. The Balaban J connectivity index is 2.26. The zero-order valence-electron chi connectivity index (χ0n) is 12.4. The van der Waals surface area contributed by atoms with Crippen LogP contribution in [0.2, 0.25) is 5.02 Å². The second-order valence-corrected chi connectivity index (χ2v) is 5.28. The minimum atomic E-state index is 0.131. The molecule has 0 fully saturated rings. The number of aromatic nitrogens is 2. The molecule has 1 aromatic carbocycles. The van der Waals surface area contributed by atoms with E-state index in [1.54, 1.807) is 13.2 Å². The lowest BCUT2D eigenvalue weighted by Crippen LogP contribution is -2.23. The molecule has 2 rings (SSSR count). The Morgan fingerprint density at radius 1 is 1.29 bits per heavy atom. The lowest BCUT2D eigenvalue weighted by atomic mass is 10.1. The monoisotopic (exact) mass is 306 g/mol. The summed E-state index contributed by atoms with van der Waals surface area (Å²) >= 11 is 5.92. The van der Waals surface area contributed by atoms with E-state index >= 15 is 0 Å². The Labute approximate surface area is 129 Å². The molecule has 2 N–H and O–H groups in total. The van der Waals surface area contributed by atoms with E-state index in [-0.39, 0.29) is 6.04 Å². The molecule has 0 saturated heterocycles. The Morgan fingerprint density at radius 3 is 2.57 bits per heavy atom. The Bertz CT molecular complexity index is 603. The molecule has 6 heteroatoms. The first-order valence-electron chi connectivity index (χ1n) is 6.62. The third kappa shape index (κ3) is 3.83. The second kappa shape index (κ2) is 6.74. The first kappa shape index (κ1) is 15.5. The molecule has 1 heterocycles. The Morgan fingerprint density at radius 2 is 1.95 bits per heavy atom. The van der Waals surface area contributed by atoms with E-state index in [0.717, 1.165) is 16.4 Å². The van der Waals surface area contributed by atoms with Crippen LogP contribution in [0.1, 0.15) is 24.4 Å². The van der Waals surface area contributed by atoms with Gasteiger partial charge in [-0.05, 0) is 24.6 Å². The average Bonchev–Trinajstić information content (AvgIpc) is 2.46. The number of ether oxygens (including phenoxy) is 1. The normalized spacial score (nSPS) is 12.2. The second-order valence-electron chi connectivity index (χ2n) is 4.84. The molecule has 0 radical (unpaired) electrons. The van der Waals surface area contributed by atoms with Crippen LogP contribution in [-0.2, 0) is 11.3 Å². The summed E-state index contributed by atoms with van der Waals surface area (Å²) in [5.74, 6) is 1.77. The smallest absolute Gasteiger partial charge is 0.158 e. The average molecular weight is 307 g/mol. The summed E-state index contributed by atoms with van der Waals surface area (Å²) in [5, 5.41) is 0.724. The van der Waals surface area contributed by atoms with Gasteiger partial charge in [0.05, 0.1) is 6.04 Å². The number of anilines is 2. The summed E-state index contributed by atoms with van der Waals surface area (Å²) in [6, 6.07) is 9.66. The van der Waals surface area contributed by atoms with E-state index in [1.807, 2.05) is 36.2 Å². The summed E-state index contributed by atoms with van der Waals surface area (Å²) in [6.45, 7) is 2.43. The molecule has 5 nitrogen and oxygen atoms in total. The Kier molecular flexibility index (Phi) is 4.98. The summed E-state index contributed by atoms with van der Waals surface area (Å²) in [6.07, 6.45) is 0. The highest BCUT2D eigenvalue weighted by Gasteiger charge is 2.15. The van der Waals surface area contributed by atoms with Gasteiger partial charge in [0.25, 0.3) is 0 Å². The fourth-order valence-electron chi connectivity index (χ4n) is 2.04. The maximum atomic E-state index is 5.92. The van der Waals surface area contributed by atoms with Crippen molar-refractivity contribution in [3.05, 3.63) is 46.7 Å². The number of nitrogens with zero attached hydrogens (tertiary/aromatic N) is 3. The van der Waals surface area contributed by atoms with Crippen LogP contribution in [0.5, 0.6) is 0 Å². The molecule has 0 aliphatic heterocycles. The topological polar surface area (TPSA) is 64.3 Å². The third-order valence-corrected chi connectivity index (χ3v) is 3.60. The van der Waals surface area contributed by atoms with Crippen LogP contribution < -0.4 is 10.6 Å². The van der Waals surface area contributed by atoms with E-state index in [2.05, 4.69) is 16.9 Å². The van der Waals surface area contributed by atoms with Crippen molar-refractivity contribution in [1.29, 1.82) is 0 Å². The minimum absolute atomic E-state index is 0.131. The SMILES string of the molecule is COCc1nc(N)cc(N(C)C(C)c2ccc(Cl)cc2)n1. The van der Waals surface area contributed by atoms with Gasteiger partial charge in [-0.1, -0.05) is 23.7 Å². The number of methoxy groups -OCH3 is 1. The van der Waals surface area contributed by atoms with E-state index in [9.17, 15) is 0 Å². The first-order chi connectivity index (χ1) is 10.0. The van der Waals surface area contributed by atoms with Crippen LogP contribution in [0, 0.1) is 0 Å². The van der Waals surface area contributed by atoms with Gasteiger partial charge in [-0.25, -0.2) is 9.97 Å². The third-order valence-electron chi connectivity index (χ3n) is 3.35. The summed E-state index contributed by atoms with van der Waals surface area (Å²) in [5.41, 5.74) is 6.98. The molecule has 0 aliphatic carbocycles. The quantitative estimate of drug-likeness (QED) is 0.919. The Hall–Kier alpha value is -1.85. The van der Waals surface area contributed by atoms with Crippen LogP contribution in [0.3, 0.4) is 0 Å². The molecular formula is C15H19ClN4O. The van der Waals surface area contributed by atoms with Crippen molar-refractivity contribution >= 4 is 23.2 Å². The van der Waals surface area contributed by atoms with E-state index < -0.39 is 0 Å². The van der Waals surface area contributed by atoms with Crippen molar-refractivity contribution in [1.82, 2.24) is 9.97 Å². The van der Waals surface area contributed by atoms with Crippen molar-refractivity contribution in [2.45, 2.75) is 19.6 Å². The molecule has 21 heavy (non-hydrogen) atoms. The summed E-state index contributed by atoms with van der Waals surface area (Å²) in [4.78, 5) is 10.7. The highest BCUT2D eigenvalue weighted by molar-refractivity contribution is 6.30. The number of hydrogen-bond donors (Lipinski definition) is 1. The molecule has 0 amide bonds. The molecule has 0 bridgehead atoms. The van der Waals surface area contributed by atoms with Crippen molar-refractivity contribution in [2.24, 2.45) is 0 Å². The highest BCUT2D eigenvalue weighted by atomic mass is 35.5. The molecule has 112 valence electrons. The minimum Gasteiger partial charge on any atom is -0.384 e. The van der Waals surface area contributed by atoms with Gasteiger partial charge in [-0.2, -0.15) is 0 Å². The zero-order chi connectivity index (χ0) is 15.4. The van der Waals surface area contributed by atoms with Crippen molar-refractivity contribution in [3.63, 3.8) is 0 Å². The fourth-order valence-corrected chi connectivity index (χ4v) is 2.17. The van der Waals surface area contributed by atoms with Gasteiger partial charge in [0, 0.05) is 25.2 Å². The highest BCUT2D eigenvalue weighted by Crippen LogP contribution is 2.25. The molecule has 2 aromatic rings. The van der Waals surface area contributed by atoms with Crippen molar-refractivity contribution < 1.29 is 4.74 Å². The van der Waals surface area contributed by atoms with Gasteiger partial charge in [0.1, 0.15) is 18.2 Å². The molecule has 0 aliphatic rings. The maximum absolute atomic E-state index is 5.92. The van der Waals surface area contributed by atoms with Crippen LogP contribution in [0.15, 0.2) is 30.3 Å². The van der Waals surface area contributed by atoms with E-state index in [4.69, 9.17) is 22.1 Å². The van der Waals surface area contributed by atoms with Crippen LogP contribution in [-0.4, -0.2) is 24.1 Å². The van der Waals surface area contributed by atoms with Gasteiger partial charge in [0.15, 0.2) is 5.82 Å². The standard InChI is InChI=1S/C15H19ClN4O/c1-10(11-4-6-12(16)7-5-11)20(2)15-8-13(17)18-14(19-15)9-21-3/h4-8,10H,9H2,1-3H3,(H2,17,18,19). The van der Waals surface area contributed by atoms with Crippen LogP contribution in [0.4, 0.5) is 11.6 Å². The predicted molar refractivity (Wildman–Crippen MR) is 85.4 cm³/mol. The zero-order valence-corrected chi connectivity index (χ0v) is 13.1. The van der Waals surface area contributed by atoms with Gasteiger partial charge in [0.2, 0.25) is 0 Å². The summed E-state index contributed by atoms with van der Waals surface area (Å²) < 4.78 is 5.06. The molecule has 1 unspecified atom stereocenters. The van der Waals surface area contributed by atoms with Crippen LogP contribution >= 0.6 is 11.6 Å². The van der Waals surface area contributed by atoms with Crippen molar-refractivity contribution in [3.8, 4) is 0 Å². The number of benzene rings is 1. The molecule has 0 saturated carbocycles. The van der Waals surface area contributed by atoms with E-state index in [1.165, 1.54) is 0 Å². The molecule has 0 spiro atoms. The first-order valence-corrected chi connectivity index (χ1v) is 6.99. The number of rotatable bonds is 5. The number of nitrogens with two attached hydrogens (primary N) is 1. The lowest BCUT2D eigenvalue weighted by Gasteiger charge is -2.26. The number of hydrogen-bond acceptors (Lipinski definition) is 5. The maximum Gasteiger partial charge on any atom is 0.158 e. The predicted octanol–water partition coefficient (Wildman–Crippen LogP) is 3.06. The summed E-state index contributed by atoms with van der Waals surface area (Å²) in [7, 11) is 3.57. The van der Waals surface area contributed by atoms with Crippen LogP contribution in [0.25, 0.3) is 0 Å². The van der Waals surface area contributed by atoms with Crippen molar-refractivity contribution in [2.75, 3.05) is 24.8 Å². The van der Waals surface area contributed by atoms with Gasteiger partial charge in [-0.3, -0.25) is 0 Å². The molecule has 1 atom stereocenters. The largest absolute Gasteiger partial charge is 0.384 e. The van der Waals surface area contributed by atoms with Gasteiger partial charge in [-0.15, -0.1) is 0 Å².